The van der Waals surface area contributed by atoms with Gasteiger partial charge in [0.25, 0.3) is 0 Å². The highest BCUT2D eigenvalue weighted by Gasteiger charge is 2.11. The summed E-state index contributed by atoms with van der Waals surface area (Å²) in [4.78, 5) is 10.9. The van der Waals surface area contributed by atoms with Crippen LogP contribution in [-0.4, -0.2) is 26.4 Å². The molecule has 5 heteroatoms. The summed E-state index contributed by atoms with van der Waals surface area (Å²) >= 11 is 0. The molecule has 3 rings (SSSR count). The quantitative estimate of drug-likeness (QED) is 0.656. The van der Waals surface area contributed by atoms with Gasteiger partial charge in [0.15, 0.2) is 0 Å². The molecule has 0 atom stereocenters. The van der Waals surface area contributed by atoms with Crippen molar-refractivity contribution in [3.05, 3.63) is 48.0 Å². The molecule has 0 aliphatic carbocycles. The number of hydrogen-bond acceptors (Lipinski definition) is 3. The molecule has 0 bridgehead atoms. The molecule has 0 aliphatic rings. The van der Waals surface area contributed by atoms with E-state index in [1.165, 1.54) is 12.1 Å². The number of phenols is 1. The smallest absolute Gasteiger partial charge is 0.335 e. The monoisotopic (exact) mass is 254 g/mol. The van der Waals surface area contributed by atoms with Crippen LogP contribution in [0.1, 0.15) is 10.4 Å². The van der Waals surface area contributed by atoms with E-state index in [1.807, 2.05) is 6.07 Å². The fourth-order valence-electron chi connectivity index (χ4n) is 2.03. The van der Waals surface area contributed by atoms with Gasteiger partial charge in [-0.05, 0) is 30.3 Å². The Kier molecular flexibility index (Phi) is 2.45. The number of nitrogens with one attached hydrogen (secondary N) is 1. The van der Waals surface area contributed by atoms with Crippen LogP contribution in [0.2, 0.25) is 0 Å². The van der Waals surface area contributed by atoms with Gasteiger partial charge in [0, 0.05) is 10.9 Å². The SMILES string of the molecule is O=C(O)c1ccc2c(-c3cccc(O)c3)n[nH]c2c1. The van der Waals surface area contributed by atoms with E-state index < -0.39 is 5.97 Å². The number of carboxylic acid groups (broad SMARTS) is 1. The average Bonchev–Trinajstić information content (AvgIpc) is 2.81. The Morgan fingerprint density at radius 2 is 2.00 bits per heavy atom. The van der Waals surface area contributed by atoms with Gasteiger partial charge in [-0.15, -0.1) is 0 Å². The van der Waals surface area contributed by atoms with Gasteiger partial charge in [0.2, 0.25) is 0 Å². The number of H-pyrrole nitrogens is 1. The number of benzene rings is 2. The number of fused-ring (bicyclic) bond motifs is 1. The molecule has 0 amide bonds. The van der Waals surface area contributed by atoms with E-state index in [2.05, 4.69) is 10.2 Å². The predicted molar refractivity (Wildman–Crippen MR) is 70.2 cm³/mol. The van der Waals surface area contributed by atoms with Crippen molar-refractivity contribution in [3.63, 3.8) is 0 Å². The summed E-state index contributed by atoms with van der Waals surface area (Å²) in [6.45, 7) is 0. The maximum absolute atomic E-state index is 10.9. The fraction of sp³-hybridized carbons (Fsp3) is 0. The van der Waals surface area contributed by atoms with Crippen LogP contribution >= 0.6 is 0 Å². The number of aromatic carboxylic acids is 1. The molecule has 3 N–H and O–H groups in total. The van der Waals surface area contributed by atoms with Gasteiger partial charge >= 0.3 is 5.97 Å². The molecule has 5 nitrogen and oxygen atoms in total. The number of hydrogen-bond donors (Lipinski definition) is 3. The van der Waals surface area contributed by atoms with E-state index in [0.717, 1.165) is 10.9 Å². The van der Waals surface area contributed by atoms with Crippen LogP contribution in [0.25, 0.3) is 22.2 Å². The van der Waals surface area contributed by atoms with Crippen LogP contribution in [0.3, 0.4) is 0 Å². The van der Waals surface area contributed by atoms with Crippen molar-refractivity contribution in [1.82, 2.24) is 10.2 Å². The van der Waals surface area contributed by atoms with E-state index >= 15 is 0 Å². The second kappa shape index (κ2) is 4.13. The molecule has 94 valence electrons. The minimum absolute atomic E-state index is 0.163. The highest BCUT2D eigenvalue weighted by molar-refractivity contribution is 5.98. The first kappa shape index (κ1) is 11.3. The van der Waals surface area contributed by atoms with E-state index in [4.69, 9.17) is 5.11 Å². The molecule has 3 aromatic rings. The molecule has 0 fully saturated rings. The Hall–Kier alpha value is -2.82. The Morgan fingerprint density at radius 3 is 2.74 bits per heavy atom. The zero-order valence-corrected chi connectivity index (χ0v) is 9.79. The van der Waals surface area contributed by atoms with Gasteiger partial charge in [-0.3, -0.25) is 5.10 Å². The summed E-state index contributed by atoms with van der Waals surface area (Å²) in [7, 11) is 0. The van der Waals surface area contributed by atoms with Crippen molar-refractivity contribution in [2.75, 3.05) is 0 Å². The first-order valence-electron chi connectivity index (χ1n) is 5.66. The number of aromatic amines is 1. The van der Waals surface area contributed by atoms with Crippen LogP contribution < -0.4 is 0 Å². The lowest BCUT2D eigenvalue weighted by molar-refractivity contribution is 0.0697. The van der Waals surface area contributed by atoms with Gasteiger partial charge in [0.05, 0.1) is 11.1 Å². The Morgan fingerprint density at radius 1 is 1.16 bits per heavy atom. The summed E-state index contributed by atoms with van der Waals surface area (Å²) in [6.07, 6.45) is 0. The number of aromatic nitrogens is 2. The summed E-state index contributed by atoms with van der Waals surface area (Å²) in [5.74, 6) is -0.814. The number of aromatic hydroxyl groups is 1. The molecular formula is C14H10N2O3. The molecule has 0 radical (unpaired) electrons. The normalized spacial score (nSPS) is 10.7. The topological polar surface area (TPSA) is 86.2 Å². The minimum Gasteiger partial charge on any atom is -0.508 e. The lowest BCUT2D eigenvalue weighted by Gasteiger charge is -1.99. The second-order valence-electron chi connectivity index (χ2n) is 4.19. The van der Waals surface area contributed by atoms with E-state index in [-0.39, 0.29) is 11.3 Å². The van der Waals surface area contributed by atoms with Crippen molar-refractivity contribution in [2.24, 2.45) is 0 Å². The number of carboxylic acids is 1. The molecule has 1 heterocycles. The van der Waals surface area contributed by atoms with Crippen LogP contribution in [0.5, 0.6) is 5.75 Å². The van der Waals surface area contributed by atoms with Gasteiger partial charge in [-0.25, -0.2) is 4.79 Å². The Balaban J connectivity index is 2.18. The van der Waals surface area contributed by atoms with Gasteiger partial charge in [-0.1, -0.05) is 12.1 Å². The van der Waals surface area contributed by atoms with Crippen molar-refractivity contribution in [1.29, 1.82) is 0 Å². The molecule has 0 spiro atoms. The van der Waals surface area contributed by atoms with Crippen molar-refractivity contribution in [2.45, 2.75) is 0 Å². The van der Waals surface area contributed by atoms with Crippen LogP contribution in [0.4, 0.5) is 0 Å². The largest absolute Gasteiger partial charge is 0.508 e. The lowest BCUT2D eigenvalue weighted by Crippen LogP contribution is -1.94. The fourth-order valence-corrected chi connectivity index (χ4v) is 2.03. The third-order valence-corrected chi connectivity index (χ3v) is 2.93. The van der Waals surface area contributed by atoms with Gasteiger partial charge < -0.3 is 10.2 Å². The zero-order chi connectivity index (χ0) is 13.4. The highest BCUT2D eigenvalue weighted by atomic mass is 16.4. The van der Waals surface area contributed by atoms with E-state index in [9.17, 15) is 9.90 Å². The predicted octanol–water partition coefficient (Wildman–Crippen LogP) is 2.63. The van der Waals surface area contributed by atoms with Crippen LogP contribution in [-0.2, 0) is 0 Å². The first-order valence-corrected chi connectivity index (χ1v) is 5.66. The summed E-state index contributed by atoms with van der Waals surface area (Å²) < 4.78 is 0. The molecule has 0 aliphatic heterocycles. The first-order chi connectivity index (χ1) is 9.15. The molecular weight excluding hydrogens is 244 g/mol. The highest BCUT2D eigenvalue weighted by Crippen LogP contribution is 2.28. The lowest BCUT2D eigenvalue weighted by atomic mass is 10.1. The van der Waals surface area contributed by atoms with Gasteiger partial charge in [-0.2, -0.15) is 5.10 Å². The number of nitrogens with zero attached hydrogens (tertiary/aromatic N) is 1. The zero-order valence-electron chi connectivity index (χ0n) is 9.79. The van der Waals surface area contributed by atoms with E-state index in [1.54, 1.807) is 24.3 Å². The summed E-state index contributed by atoms with van der Waals surface area (Å²) in [6, 6.07) is 11.5. The summed E-state index contributed by atoms with van der Waals surface area (Å²) in [5.41, 5.74) is 2.31. The standard InChI is InChI=1S/C14H10N2O3/c17-10-3-1-2-8(6-10)13-11-5-4-9(14(18)19)7-12(11)15-16-13/h1-7,17H,(H,15,16)(H,18,19). The van der Waals surface area contributed by atoms with Crippen LogP contribution in [0.15, 0.2) is 42.5 Å². The van der Waals surface area contributed by atoms with E-state index in [0.29, 0.717) is 11.2 Å². The third kappa shape index (κ3) is 1.91. The molecule has 19 heavy (non-hydrogen) atoms. The van der Waals surface area contributed by atoms with Crippen molar-refractivity contribution < 1.29 is 15.0 Å². The minimum atomic E-state index is -0.976. The third-order valence-electron chi connectivity index (χ3n) is 2.93. The molecule has 2 aromatic carbocycles. The average molecular weight is 254 g/mol. The molecule has 1 aromatic heterocycles. The summed E-state index contributed by atoms with van der Waals surface area (Å²) in [5, 5.41) is 26.2. The Bertz CT molecular complexity index is 777. The number of rotatable bonds is 2. The second-order valence-corrected chi connectivity index (χ2v) is 4.19. The maximum atomic E-state index is 10.9. The Labute approximate surface area is 108 Å². The molecule has 0 unspecified atom stereocenters. The number of phenolic OH excluding ortho intramolecular Hbond substituents is 1. The molecule has 0 saturated carbocycles. The number of carbonyl (C=O) groups is 1. The molecule has 0 saturated heterocycles. The van der Waals surface area contributed by atoms with Gasteiger partial charge in [0.1, 0.15) is 11.4 Å². The van der Waals surface area contributed by atoms with Crippen molar-refractivity contribution >= 4 is 16.9 Å². The van der Waals surface area contributed by atoms with Crippen molar-refractivity contribution in [3.8, 4) is 17.0 Å². The maximum Gasteiger partial charge on any atom is 0.335 e. The van der Waals surface area contributed by atoms with Crippen LogP contribution in [0, 0.1) is 0 Å².